The number of nitrogens with one attached hydrogen (secondary N) is 1. The first-order chi connectivity index (χ1) is 17.4. The minimum absolute atomic E-state index is 0.0401. The van der Waals surface area contributed by atoms with E-state index in [1.807, 2.05) is 56.4 Å². The lowest BCUT2D eigenvalue weighted by atomic mass is 9.70. The quantitative estimate of drug-likeness (QED) is 0.451. The minimum Gasteiger partial charge on any atom is -0.373 e. The predicted octanol–water partition coefficient (Wildman–Crippen LogP) is 3.21. The third kappa shape index (κ3) is 3.94. The van der Waals surface area contributed by atoms with Gasteiger partial charge in [-0.25, -0.2) is 9.97 Å². The van der Waals surface area contributed by atoms with Crippen LogP contribution in [-0.2, 0) is 24.9 Å². The molecule has 0 radical (unpaired) electrons. The van der Waals surface area contributed by atoms with E-state index in [-0.39, 0.29) is 22.3 Å². The Morgan fingerprint density at radius 2 is 1.89 bits per heavy atom. The first-order valence-corrected chi connectivity index (χ1v) is 12.7. The van der Waals surface area contributed by atoms with Gasteiger partial charge in [-0.2, -0.15) is 0 Å². The fraction of sp³-hybridized carbons (Fsp3) is 0.429. The zero-order valence-electron chi connectivity index (χ0n) is 20.8. The van der Waals surface area contributed by atoms with E-state index in [4.69, 9.17) is 4.74 Å². The molecule has 0 spiro atoms. The molecule has 7 rings (SSSR count). The van der Waals surface area contributed by atoms with Crippen LogP contribution < -0.4 is 16.4 Å². The van der Waals surface area contributed by atoms with Gasteiger partial charge in [0.05, 0.1) is 23.9 Å². The molecular weight excluding hydrogens is 454 g/mol. The van der Waals surface area contributed by atoms with Crippen LogP contribution in [0.15, 0.2) is 58.3 Å². The Morgan fingerprint density at radius 1 is 1.08 bits per heavy atom. The van der Waals surface area contributed by atoms with E-state index in [0.29, 0.717) is 25.3 Å². The molecule has 2 saturated heterocycles. The summed E-state index contributed by atoms with van der Waals surface area (Å²) < 4.78 is 9.94. The maximum atomic E-state index is 12.9. The topological polar surface area (TPSA) is 91.0 Å². The van der Waals surface area contributed by atoms with Crippen molar-refractivity contribution in [2.75, 3.05) is 6.61 Å². The molecule has 186 valence electrons. The van der Waals surface area contributed by atoms with Gasteiger partial charge in [-0.05, 0) is 68.7 Å². The zero-order chi connectivity index (χ0) is 24.9. The second kappa shape index (κ2) is 8.64. The summed E-state index contributed by atoms with van der Waals surface area (Å²) in [5.74, 6) is 0. The van der Waals surface area contributed by atoms with E-state index >= 15 is 0 Å². The molecule has 3 aliphatic rings. The second-order valence-corrected chi connectivity index (χ2v) is 10.5. The molecule has 0 unspecified atom stereocenters. The van der Waals surface area contributed by atoms with E-state index in [2.05, 4.69) is 15.3 Å². The van der Waals surface area contributed by atoms with Crippen molar-refractivity contribution in [2.45, 2.75) is 63.3 Å². The average molecular weight is 486 g/mol. The number of aryl methyl sites for hydroxylation is 3. The number of hydrogen-bond donors (Lipinski definition) is 1. The average Bonchev–Trinajstić information content (AvgIpc) is 2.90. The summed E-state index contributed by atoms with van der Waals surface area (Å²) in [6.07, 6.45) is 5.99. The fourth-order valence-corrected chi connectivity index (χ4v) is 5.88. The van der Waals surface area contributed by atoms with Crippen LogP contribution >= 0.6 is 0 Å². The van der Waals surface area contributed by atoms with Crippen LogP contribution in [0.3, 0.4) is 0 Å². The summed E-state index contributed by atoms with van der Waals surface area (Å²) in [4.78, 5) is 34.4. The molecule has 5 heterocycles. The maximum Gasteiger partial charge on any atom is 0.270 e. The number of nitrogens with zero attached hydrogens (tertiary/aromatic N) is 4. The maximum absolute atomic E-state index is 12.9. The van der Waals surface area contributed by atoms with Crippen molar-refractivity contribution in [1.82, 2.24) is 24.4 Å². The summed E-state index contributed by atoms with van der Waals surface area (Å²) in [6, 6.07) is 13.8. The standard InChI is InChI=1S/C28H31N5O3/c1-19-7-8-22-25(31-19)33(24(34)17-29-22)14-13-28-11-9-27(10-12-28,18-36-28)30-16-21-15-20-5-3-4-6-23(20)32(2)26(21)35/h3-8,15,17,30H,9-14,16,18H2,1-2H3. The highest BCUT2D eigenvalue weighted by Gasteiger charge is 2.49. The predicted molar refractivity (Wildman–Crippen MR) is 139 cm³/mol. The van der Waals surface area contributed by atoms with Crippen molar-refractivity contribution < 1.29 is 4.74 Å². The molecular formula is C28H31N5O3. The molecule has 2 aliphatic heterocycles. The fourth-order valence-electron chi connectivity index (χ4n) is 5.88. The van der Waals surface area contributed by atoms with Crippen molar-refractivity contribution in [2.24, 2.45) is 7.05 Å². The van der Waals surface area contributed by atoms with Gasteiger partial charge in [-0.1, -0.05) is 18.2 Å². The van der Waals surface area contributed by atoms with Gasteiger partial charge in [0.15, 0.2) is 5.65 Å². The molecule has 0 amide bonds. The van der Waals surface area contributed by atoms with Gasteiger partial charge in [0.25, 0.3) is 11.1 Å². The molecule has 1 aromatic carbocycles. The zero-order valence-corrected chi connectivity index (χ0v) is 20.8. The monoisotopic (exact) mass is 485 g/mol. The molecule has 8 nitrogen and oxygen atoms in total. The summed E-state index contributed by atoms with van der Waals surface area (Å²) in [5, 5.41) is 4.76. The number of benzene rings is 1. The summed E-state index contributed by atoms with van der Waals surface area (Å²) in [7, 11) is 1.83. The first kappa shape index (κ1) is 23.1. The molecule has 1 N–H and O–H groups in total. The molecule has 36 heavy (non-hydrogen) atoms. The van der Waals surface area contributed by atoms with Gasteiger partial charge in [-0.15, -0.1) is 0 Å². The van der Waals surface area contributed by atoms with Gasteiger partial charge in [0.1, 0.15) is 5.52 Å². The Morgan fingerprint density at radius 3 is 2.67 bits per heavy atom. The third-order valence-corrected chi connectivity index (χ3v) is 8.25. The van der Waals surface area contributed by atoms with E-state index in [1.165, 1.54) is 6.20 Å². The smallest absolute Gasteiger partial charge is 0.270 e. The Labute approximate surface area is 209 Å². The normalized spacial score (nSPS) is 23.5. The number of rotatable bonds is 6. The molecule has 8 heteroatoms. The van der Waals surface area contributed by atoms with Crippen LogP contribution in [0.25, 0.3) is 22.1 Å². The summed E-state index contributed by atoms with van der Waals surface area (Å²) in [5.41, 5.74) is 3.53. The van der Waals surface area contributed by atoms with Gasteiger partial charge < -0.3 is 14.6 Å². The van der Waals surface area contributed by atoms with Crippen molar-refractivity contribution in [3.63, 3.8) is 0 Å². The van der Waals surface area contributed by atoms with Crippen LogP contribution in [0.5, 0.6) is 0 Å². The van der Waals surface area contributed by atoms with E-state index in [1.54, 1.807) is 9.13 Å². The third-order valence-electron chi connectivity index (χ3n) is 8.25. The Hall–Kier alpha value is -3.36. The van der Waals surface area contributed by atoms with Crippen LogP contribution in [0.1, 0.15) is 43.4 Å². The van der Waals surface area contributed by atoms with Crippen molar-refractivity contribution >= 4 is 22.1 Å². The number of hydrogen-bond acceptors (Lipinski definition) is 6. The van der Waals surface area contributed by atoms with Crippen LogP contribution in [0.2, 0.25) is 0 Å². The number of para-hydroxylation sites is 1. The molecule has 4 aromatic rings. The van der Waals surface area contributed by atoms with E-state index < -0.39 is 0 Å². The lowest BCUT2D eigenvalue weighted by Gasteiger charge is -2.53. The molecule has 2 bridgehead atoms. The largest absolute Gasteiger partial charge is 0.373 e. The number of fused-ring (bicyclic) bond motifs is 5. The number of aromatic nitrogens is 4. The van der Waals surface area contributed by atoms with Gasteiger partial charge in [0, 0.05) is 36.9 Å². The molecule has 1 aliphatic carbocycles. The molecule has 1 saturated carbocycles. The highest BCUT2D eigenvalue weighted by Crippen LogP contribution is 2.45. The lowest BCUT2D eigenvalue weighted by molar-refractivity contribution is -0.167. The van der Waals surface area contributed by atoms with Gasteiger partial charge >= 0.3 is 0 Å². The number of ether oxygens (including phenoxy) is 1. The summed E-state index contributed by atoms with van der Waals surface area (Å²) >= 11 is 0. The van der Waals surface area contributed by atoms with Gasteiger partial charge in [-0.3, -0.25) is 14.2 Å². The van der Waals surface area contributed by atoms with E-state index in [9.17, 15) is 9.59 Å². The summed E-state index contributed by atoms with van der Waals surface area (Å²) in [6.45, 7) is 3.62. The van der Waals surface area contributed by atoms with Crippen LogP contribution in [-0.4, -0.2) is 36.8 Å². The first-order valence-electron chi connectivity index (χ1n) is 12.7. The van der Waals surface area contributed by atoms with Crippen LogP contribution in [0, 0.1) is 6.92 Å². The highest BCUT2D eigenvalue weighted by atomic mass is 16.5. The molecule has 3 fully saturated rings. The van der Waals surface area contributed by atoms with E-state index in [0.717, 1.165) is 59.8 Å². The van der Waals surface area contributed by atoms with Crippen LogP contribution in [0.4, 0.5) is 0 Å². The lowest BCUT2D eigenvalue weighted by Crippen LogP contribution is -2.61. The second-order valence-electron chi connectivity index (χ2n) is 10.5. The van der Waals surface area contributed by atoms with Gasteiger partial charge in [0.2, 0.25) is 0 Å². The Kier molecular flexibility index (Phi) is 5.53. The highest BCUT2D eigenvalue weighted by molar-refractivity contribution is 5.79. The minimum atomic E-state index is -0.221. The molecule has 0 atom stereocenters. The SMILES string of the molecule is Cc1ccc2ncc(=O)n(CCC34CCC(NCc5cc6ccccc6n(C)c5=O)(CC3)CO4)c2n1. The van der Waals surface area contributed by atoms with Crippen molar-refractivity contribution in [3.8, 4) is 0 Å². The van der Waals surface area contributed by atoms with Crippen molar-refractivity contribution in [1.29, 1.82) is 0 Å². The Bertz CT molecular complexity index is 1560. The van der Waals surface area contributed by atoms with Crippen molar-refractivity contribution in [3.05, 3.63) is 80.6 Å². The number of pyridine rings is 2. The molecule has 3 aromatic heterocycles. The Balaban J connectivity index is 1.15.